The lowest BCUT2D eigenvalue weighted by Gasteiger charge is -2.43. The molecule has 2 aliphatic heterocycles. The fourth-order valence-corrected chi connectivity index (χ4v) is 5.22. The van der Waals surface area contributed by atoms with Crippen molar-refractivity contribution >= 4 is 23.1 Å². The van der Waals surface area contributed by atoms with E-state index in [4.69, 9.17) is 5.73 Å². The van der Waals surface area contributed by atoms with Crippen molar-refractivity contribution in [3.8, 4) is 6.07 Å². The molecule has 1 spiro atoms. The summed E-state index contributed by atoms with van der Waals surface area (Å²) in [5.74, 6) is -0.199. The molecule has 2 N–H and O–H groups in total. The largest absolute Gasteiger partial charge is 0.384 e. The van der Waals surface area contributed by atoms with Crippen molar-refractivity contribution < 1.29 is 9.59 Å². The average molecular weight is 410 g/mol. The topological polar surface area (TPSA) is 90.4 Å². The van der Waals surface area contributed by atoms with Crippen LogP contribution in [0.5, 0.6) is 0 Å². The van der Waals surface area contributed by atoms with Crippen LogP contribution in [0, 0.1) is 18.3 Å². The Labute approximate surface area is 180 Å². The summed E-state index contributed by atoms with van der Waals surface area (Å²) < 4.78 is 0. The molecule has 1 aliphatic carbocycles. The van der Waals surface area contributed by atoms with E-state index >= 15 is 0 Å². The van der Waals surface area contributed by atoms with Gasteiger partial charge in [-0.3, -0.25) is 14.5 Å². The fourth-order valence-electron chi connectivity index (χ4n) is 5.22. The Hall–Kier alpha value is -3.85. The first-order valence-corrected chi connectivity index (χ1v) is 10.3. The molecule has 6 nitrogen and oxygen atoms in total. The Morgan fingerprint density at radius 1 is 1.06 bits per heavy atom. The number of fused-ring (bicyclic) bond motifs is 3. The third-order valence-corrected chi connectivity index (χ3v) is 6.60. The second-order valence-electron chi connectivity index (χ2n) is 8.27. The number of carbonyl (C=O) groups is 2. The summed E-state index contributed by atoms with van der Waals surface area (Å²) in [5.41, 5.74) is 9.60. The van der Waals surface area contributed by atoms with Crippen LogP contribution in [0.25, 0.3) is 0 Å². The Kier molecular flexibility index (Phi) is 4.06. The summed E-state index contributed by atoms with van der Waals surface area (Å²) in [4.78, 5) is 30.6. The number of anilines is 2. The van der Waals surface area contributed by atoms with Gasteiger partial charge >= 0.3 is 0 Å². The predicted molar refractivity (Wildman–Crippen MR) is 118 cm³/mol. The van der Waals surface area contributed by atoms with E-state index in [0.29, 0.717) is 36.1 Å². The van der Waals surface area contributed by atoms with Gasteiger partial charge in [0.2, 0.25) is 5.91 Å². The molecular formula is C25H22N4O2. The molecule has 0 aromatic heterocycles. The molecular weight excluding hydrogens is 388 g/mol. The maximum absolute atomic E-state index is 13.8. The SMILES string of the molecule is Cc1ccc(N2C(N)=C(C#N)C3(C(=O)N(C)c4ccccc43)C3=C2CCCC3=O)cc1. The first kappa shape index (κ1) is 19.1. The third kappa shape index (κ3) is 2.32. The number of rotatable bonds is 1. The molecule has 5 rings (SSSR count). The molecule has 0 radical (unpaired) electrons. The second-order valence-corrected chi connectivity index (χ2v) is 8.27. The first-order chi connectivity index (χ1) is 14.9. The van der Waals surface area contributed by atoms with Gasteiger partial charge in [0.25, 0.3) is 0 Å². The first-order valence-electron chi connectivity index (χ1n) is 10.3. The number of nitrogens with two attached hydrogens (primary N) is 1. The van der Waals surface area contributed by atoms with E-state index in [0.717, 1.165) is 16.9 Å². The van der Waals surface area contributed by atoms with E-state index in [1.54, 1.807) is 11.9 Å². The standard InChI is InChI=1S/C25H22N4O2/c1-15-10-12-16(13-11-15)29-20-8-5-9-21(30)22(20)25(18(14-26)23(29)27)17-6-3-4-7-19(17)28(2)24(25)31/h3-4,6-7,10-13H,5,8-9,27H2,1-2H3. The molecule has 2 heterocycles. The molecule has 1 unspecified atom stereocenters. The van der Waals surface area contributed by atoms with Crippen molar-refractivity contribution in [2.45, 2.75) is 31.6 Å². The van der Waals surface area contributed by atoms with Crippen molar-refractivity contribution in [2.75, 3.05) is 16.8 Å². The smallest absolute Gasteiger partial charge is 0.247 e. The van der Waals surface area contributed by atoms with Crippen molar-refractivity contribution in [1.29, 1.82) is 5.26 Å². The van der Waals surface area contributed by atoms with Crippen molar-refractivity contribution in [2.24, 2.45) is 5.73 Å². The highest BCUT2D eigenvalue weighted by Crippen LogP contribution is 2.56. The van der Waals surface area contributed by atoms with Gasteiger partial charge in [-0.05, 0) is 38.0 Å². The molecule has 3 aliphatic rings. The Morgan fingerprint density at radius 3 is 2.48 bits per heavy atom. The highest BCUT2D eigenvalue weighted by Gasteiger charge is 2.61. The fraction of sp³-hybridized carbons (Fsp3) is 0.240. The summed E-state index contributed by atoms with van der Waals surface area (Å²) in [7, 11) is 1.68. The highest BCUT2D eigenvalue weighted by atomic mass is 16.2. The molecule has 1 atom stereocenters. The molecule has 0 fully saturated rings. The number of ketones is 1. The average Bonchev–Trinajstić information content (AvgIpc) is 2.98. The highest BCUT2D eigenvalue weighted by molar-refractivity contribution is 6.20. The van der Waals surface area contributed by atoms with Gasteiger partial charge in [0.15, 0.2) is 5.78 Å². The minimum atomic E-state index is -1.49. The predicted octanol–water partition coefficient (Wildman–Crippen LogP) is 3.43. The molecule has 0 saturated heterocycles. The molecule has 154 valence electrons. The van der Waals surface area contributed by atoms with Crippen molar-refractivity contribution in [3.05, 3.63) is 82.3 Å². The number of aryl methyl sites for hydroxylation is 1. The number of benzene rings is 2. The monoisotopic (exact) mass is 410 g/mol. The van der Waals surface area contributed by atoms with Gasteiger partial charge in [-0.2, -0.15) is 5.26 Å². The zero-order valence-corrected chi connectivity index (χ0v) is 17.5. The van der Waals surface area contributed by atoms with Crippen LogP contribution < -0.4 is 15.5 Å². The van der Waals surface area contributed by atoms with E-state index in [-0.39, 0.29) is 23.1 Å². The zero-order chi connectivity index (χ0) is 21.9. The molecule has 31 heavy (non-hydrogen) atoms. The van der Waals surface area contributed by atoms with Gasteiger partial charge in [0, 0.05) is 41.7 Å². The van der Waals surface area contributed by atoms with Crippen LogP contribution in [0.15, 0.2) is 71.2 Å². The van der Waals surface area contributed by atoms with Gasteiger partial charge in [-0.1, -0.05) is 35.9 Å². The van der Waals surface area contributed by atoms with E-state index in [2.05, 4.69) is 6.07 Å². The third-order valence-electron chi connectivity index (χ3n) is 6.60. The maximum atomic E-state index is 13.8. The Bertz CT molecular complexity index is 1250. The second kappa shape index (κ2) is 6.58. The molecule has 2 aromatic carbocycles. The summed E-state index contributed by atoms with van der Waals surface area (Å²) in [6.07, 6.45) is 1.63. The number of Topliss-reactive ketones (excluding diaryl/α,β-unsaturated/α-hetero) is 1. The number of hydrogen-bond acceptors (Lipinski definition) is 5. The van der Waals surface area contributed by atoms with Crippen LogP contribution >= 0.6 is 0 Å². The normalized spacial score (nSPS) is 22.7. The van der Waals surface area contributed by atoms with Gasteiger partial charge in [0.05, 0.1) is 5.57 Å². The number of nitrogens with zero attached hydrogens (tertiary/aromatic N) is 3. The number of amides is 1. The van der Waals surface area contributed by atoms with E-state index < -0.39 is 5.41 Å². The van der Waals surface area contributed by atoms with E-state index in [1.165, 1.54) is 4.90 Å². The van der Waals surface area contributed by atoms with Crippen LogP contribution in [-0.2, 0) is 15.0 Å². The molecule has 0 saturated carbocycles. The Balaban J connectivity index is 1.89. The van der Waals surface area contributed by atoms with Gasteiger partial charge in [-0.15, -0.1) is 0 Å². The minimum Gasteiger partial charge on any atom is -0.384 e. The van der Waals surface area contributed by atoms with Crippen LogP contribution in [0.3, 0.4) is 0 Å². The maximum Gasteiger partial charge on any atom is 0.247 e. The van der Waals surface area contributed by atoms with Crippen LogP contribution in [0.4, 0.5) is 11.4 Å². The number of nitriles is 1. The summed E-state index contributed by atoms with van der Waals surface area (Å²) in [5, 5.41) is 10.3. The molecule has 6 heteroatoms. The van der Waals surface area contributed by atoms with Gasteiger partial charge < -0.3 is 10.6 Å². The summed E-state index contributed by atoms with van der Waals surface area (Å²) in [6.45, 7) is 1.99. The molecule has 0 bridgehead atoms. The Morgan fingerprint density at radius 2 is 1.77 bits per heavy atom. The lowest BCUT2D eigenvalue weighted by molar-refractivity contribution is -0.124. The number of carbonyl (C=O) groups excluding carboxylic acids is 2. The summed E-state index contributed by atoms with van der Waals surface area (Å²) >= 11 is 0. The zero-order valence-electron chi connectivity index (χ0n) is 17.5. The summed E-state index contributed by atoms with van der Waals surface area (Å²) in [6, 6.07) is 17.4. The number of likely N-dealkylation sites (N-methyl/N-ethyl adjacent to an activating group) is 1. The van der Waals surface area contributed by atoms with Crippen molar-refractivity contribution in [3.63, 3.8) is 0 Å². The van der Waals surface area contributed by atoms with Crippen LogP contribution in [0.1, 0.15) is 30.4 Å². The van der Waals surface area contributed by atoms with Crippen LogP contribution in [0.2, 0.25) is 0 Å². The number of allylic oxidation sites excluding steroid dienone is 1. The van der Waals surface area contributed by atoms with Gasteiger partial charge in [0.1, 0.15) is 17.3 Å². The van der Waals surface area contributed by atoms with Crippen LogP contribution in [-0.4, -0.2) is 18.7 Å². The van der Waals surface area contributed by atoms with Gasteiger partial charge in [-0.25, -0.2) is 0 Å². The lowest BCUT2D eigenvalue weighted by Crippen LogP contribution is -2.52. The molecule has 1 amide bonds. The number of hydrogen-bond donors (Lipinski definition) is 1. The van der Waals surface area contributed by atoms with Crippen molar-refractivity contribution in [1.82, 2.24) is 0 Å². The minimum absolute atomic E-state index is 0.0999. The van der Waals surface area contributed by atoms with E-state index in [9.17, 15) is 14.9 Å². The van der Waals surface area contributed by atoms with E-state index in [1.807, 2.05) is 55.5 Å². The lowest BCUT2D eigenvalue weighted by atomic mass is 9.64. The quantitative estimate of drug-likeness (QED) is 0.778. The molecule has 2 aromatic rings. The number of para-hydroxylation sites is 1.